The minimum atomic E-state index is -0.565. The van der Waals surface area contributed by atoms with E-state index in [1.165, 1.54) is 0 Å². The second-order valence-electron chi connectivity index (χ2n) is 3.07. The number of carbonyl (C=O) groups excluding carboxylic acids is 1. The molecule has 0 aromatic carbocycles. The number of carbonyl (C=O) groups is 1. The van der Waals surface area contributed by atoms with Crippen LogP contribution in [-0.2, 0) is 26.6 Å². The zero-order valence-corrected chi connectivity index (χ0v) is 11.0. The topological polar surface area (TPSA) is 101 Å². The van der Waals surface area contributed by atoms with Crippen molar-refractivity contribution in [1.29, 1.82) is 0 Å². The zero-order chi connectivity index (χ0) is 12.5. The van der Waals surface area contributed by atoms with Crippen LogP contribution in [0.15, 0.2) is 47.5 Å². The van der Waals surface area contributed by atoms with E-state index < -0.39 is 12.7 Å². The van der Waals surface area contributed by atoms with Crippen molar-refractivity contribution in [3.05, 3.63) is 66.7 Å². The number of aliphatic hydroxyl groups is 1. The van der Waals surface area contributed by atoms with Crippen LogP contribution < -0.4 is 5.11 Å². The third-order valence-electron chi connectivity index (χ3n) is 1.92. The number of rotatable bonds is 3. The predicted molar refractivity (Wildman–Crippen MR) is 66.3 cm³/mol. The van der Waals surface area contributed by atoms with E-state index in [0.29, 0.717) is 5.57 Å². The monoisotopic (exact) mass is 308 g/mol. The first-order chi connectivity index (χ1) is 8.27. The molecular formula is C13H16FeO5. The average Bonchev–Trinajstić information content (AvgIpc) is 3.03. The largest absolute Gasteiger partial charge is 2.00 e. The Morgan fingerprint density at radius 3 is 2.47 bits per heavy atom. The summed E-state index contributed by atoms with van der Waals surface area (Å²) < 4.78 is 4.30. The van der Waals surface area contributed by atoms with Gasteiger partial charge in [0.05, 0.1) is 12.7 Å². The number of ether oxygens (including phenoxy) is 1. The Kier molecular flexibility index (Phi) is 12.2. The minimum Gasteiger partial charge on any atom is -0.588 e. The van der Waals surface area contributed by atoms with Gasteiger partial charge in [-0.05, 0) is 5.57 Å². The molecule has 0 saturated heterocycles. The summed E-state index contributed by atoms with van der Waals surface area (Å²) >= 11 is 0. The van der Waals surface area contributed by atoms with Crippen LogP contribution in [0.2, 0.25) is 0 Å². The van der Waals surface area contributed by atoms with E-state index in [1.54, 1.807) is 36.8 Å². The second kappa shape index (κ2) is 11.6. The maximum atomic E-state index is 10.7. The van der Waals surface area contributed by atoms with Crippen molar-refractivity contribution in [2.24, 2.45) is 0 Å². The summed E-state index contributed by atoms with van der Waals surface area (Å²) in [5.74, 6) is -0.493. The van der Waals surface area contributed by atoms with Crippen molar-refractivity contribution >= 4 is 6.29 Å². The van der Waals surface area contributed by atoms with Gasteiger partial charge in [-0.15, -0.1) is 0 Å². The van der Waals surface area contributed by atoms with Crippen LogP contribution in [0, 0.1) is 19.3 Å². The van der Waals surface area contributed by atoms with Gasteiger partial charge in [-0.25, -0.2) is 0 Å². The van der Waals surface area contributed by atoms with E-state index in [4.69, 9.17) is 5.11 Å². The molecule has 2 aliphatic rings. The van der Waals surface area contributed by atoms with Crippen molar-refractivity contribution in [2.45, 2.75) is 0 Å². The molecule has 0 fully saturated rings. The maximum Gasteiger partial charge on any atom is 2.00 e. The smallest absolute Gasteiger partial charge is 0.588 e. The SMILES string of the molecule is O.O=CC1=C[CH][CH][CH-]1.[Fe+2].[HH].[O-]C(OCO)=C1C=CC=C1. The van der Waals surface area contributed by atoms with Gasteiger partial charge in [0.2, 0.25) is 0 Å². The molecule has 2 rings (SSSR count). The van der Waals surface area contributed by atoms with E-state index in [0.717, 1.165) is 11.9 Å². The second-order valence-corrected chi connectivity index (χ2v) is 3.07. The van der Waals surface area contributed by atoms with Gasteiger partial charge in [-0.1, -0.05) is 37.1 Å². The molecule has 0 spiro atoms. The van der Waals surface area contributed by atoms with E-state index in [-0.39, 0.29) is 24.0 Å². The van der Waals surface area contributed by atoms with E-state index in [2.05, 4.69) is 4.74 Å². The van der Waals surface area contributed by atoms with Gasteiger partial charge in [0.1, 0.15) is 0 Å². The van der Waals surface area contributed by atoms with Crippen molar-refractivity contribution in [2.75, 3.05) is 6.79 Å². The van der Waals surface area contributed by atoms with Gasteiger partial charge in [0.15, 0.2) is 0 Å². The summed E-state index contributed by atoms with van der Waals surface area (Å²) in [5, 5.41) is 18.9. The Morgan fingerprint density at radius 1 is 1.47 bits per heavy atom. The molecule has 0 heterocycles. The molecule has 3 N–H and O–H groups in total. The Hall–Kier alpha value is -1.46. The molecule has 0 unspecified atom stereocenters. The van der Waals surface area contributed by atoms with Gasteiger partial charge in [0.25, 0.3) is 0 Å². The van der Waals surface area contributed by atoms with Crippen molar-refractivity contribution in [1.82, 2.24) is 0 Å². The van der Waals surface area contributed by atoms with Gasteiger partial charge in [-0.2, -0.15) is 18.1 Å². The van der Waals surface area contributed by atoms with Crippen LogP contribution in [0.1, 0.15) is 1.43 Å². The average molecular weight is 308 g/mol. The number of aldehydes is 1. The summed E-state index contributed by atoms with van der Waals surface area (Å²) in [6.07, 6.45) is 14.8. The van der Waals surface area contributed by atoms with E-state index in [1.807, 2.05) is 12.8 Å². The van der Waals surface area contributed by atoms with E-state index >= 15 is 0 Å². The number of hydrogen-bond acceptors (Lipinski definition) is 4. The molecule has 106 valence electrons. The van der Waals surface area contributed by atoms with Crippen molar-refractivity contribution in [3.8, 4) is 0 Å². The van der Waals surface area contributed by atoms with Gasteiger partial charge >= 0.3 is 17.1 Å². The van der Waals surface area contributed by atoms with Crippen LogP contribution in [0.25, 0.3) is 0 Å². The molecule has 19 heavy (non-hydrogen) atoms. The first-order valence-corrected chi connectivity index (χ1v) is 4.94. The molecule has 0 aliphatic heterocycles. The number of aliphatic hydroxyl groups excluding tert-OH is 1. The molecule has 0 aromatic heterocycles. The third kappa shape index (κ3) is 7.54. The van der Waals surface area contributed by atoms with Crippen molar-refractivity contribution in [3.63, 3.8) is 0 Å². The van der Waals surface area contributed by atoms with E-state index in [9.17, 15) is 9.90 Å². The van der Waals surface area contributed by atoms with Gasteiger partial charge < -0.3 is 25.2 Å². The summed E-state index contributed by atoms with van der Waals surface area (Å²) in [7, 11) is 0. The Balaban J connectivity index is -0.000000262. The third-order valence-corrected chi connectivity index (χ3v) is 1.92. The Labute approximate surface area is 124 Å². The molecule has 0 amide bonds. The molecule has 0 atom stereocenters. The Bertz CT molecular complexity index is 374. The Morgan fingerprint density at radius 2 is 2.11 bits per heavy atom. The summed E-state index contributed by atoms with van der Waals surface area (Å²) in [4.78, 5) is 9.87. The molecule has 2 radical (unpaired) electrons. The van der Waals surface area contributed by atoms with Crippen LogP contribution in [-0.4, -0.2) is 23.7 Å². The molecule has 5 nitrogen and oxygen atoms in total. The zero-order valence-electron chi connectivity index (χ0n) is 9.93. The first kappa shape index (κ1) is 19.9. The normalized spacial score (nSPS) is 14.2. The maximum absolute atomic E-state index is 10.7. The molecular weight excluding hydrogens is 292 g/mol. The van der Waals surface area contributed by atoms with Gasteiger partial charge in [0, 0.05) is 7.71 Å². The van der Waals surface area contributed by atoms with Crippen LogP contribution in [0.5, 0.6) is 0 Å². The fourth-order valence-corrected chi connectivity index (χ4v) is 1.12. The summed E-state index contributed by atoms with van der Waals surface area (Å²) in [6.45, 7) is -0.565. The number of allylic oxidation sites excluding steroid dienone is 7. The quantitative estimate of drug-likeness (QED) is 0.257. The molecule has 0 aromatic rings. The molecule has 6 heteroatoms. The first-order valence-electron chi connectivity index (χ1n) is 4.94. The molecule has 0 bridgehead atoms. The van der Waals surface area contributed by atoms with Crippen LogP contribution in [0.3, 0.4) is 0 Å². The standard InChI is InChI=1S/C7H8O3.C6H5O.Fe.H2O.H2/c8-5-10-7(9)6-3-1-2-4-6;7-5-6-3-1-2-4-6;;;/h1-4,8-9H,5H2;1-5H;;1H2;1H/q;-1;+2;;/p-1. The summed E-state index contributed by atoms with van der Waals surface area (Å²) in [6, 6.07) is 0. The minimum absolute atomic E-state index is 0. The molecule has 2 aliphatic carbocycles. The van der Waals surface area contributed by atoms with Crippen LogP contribution in [0.4, 0.5) is 0 Å². The fourth-order valence-electron chi connectivity index (χ4n) is 1.12. The van der Waals surface area contributed by atoms with Crippen LogP contribution >= 0.6 is 0 Å². The van der Waals surface area contributed by atoms with Crippen molar-refractivity contribution < 1.29 is 43.7 Å². The fraction of sp³-hybridized carbons (Fsp3) is 0.0769. The van der Waals surface area contributed by atoms with Gasteiger partial charge in [-0.3, -0.25) is 0 Å². The molecule has 0 saturated carbocycles. The predicted octanol–water partition coefficient (Wildman–Crippen LogP) is -0.192. The number of hydrogen-bond donors (Lipinski definition) is 1. The summed E-state index contributed by atoms with van der Waals surface area (Å²) in [5.41, 5.74) is 1.22.